The van der Waals surface area contributed by atoms with Crippen LogP contribution in [0, 0.1) is 0 Å². The van der Waals surface area contributed by atoms with Gasteiger partial charge in [-0.3, -0.25) is 18.7 Å². The zero-order valence-corrected chi connectivity index (χ0v) is 15.4. The van der Waals surface area contributed by atoms with Gasteiger partial charge in [0.05, 0.1) is 19.1 Å². The molecule has 0 aliphatic heterocycles. The van der Waals surface area contributed by atoms with E-state index in [0.29, 0.717) is 35.6 Å². The van der Waals surface area contributed by atoms with Crippen LogP contribution in [0.15, 0.2) is 40.2 Å². The first-order chi connectivity index (χ1) is 12.9. The summed E-state index contributed by atoms with van der Waals surface area (Å²) in [6.07, 6.45) is 2.30. The summed E-state index contributed by atoms with van der Waals surface area (Å²) in [5.41, 5.74) is 0.478. The molecule has 1 N–H and O–H groups in total. The highest BCUT2D eigenvalue weighted by atomic mass is 16.5. The summed E-state index contributed by atoms with van der Waals surface area (Å²) in [5, 5.41) is 2.82. The summed E-state index contributed by atoms with van der Waals surface area (Å²) in [4.78, 5) is 40.7. The SMILES string of the molecule is COc1ccccc1NC(=O)CCCn1cnc2c1c(=O)n(C)c(=O)n2C. The number of ether oxygens (including phenoxy) is 1. The third kappa shape index (κ3) is 3.48. The molecule has 3 aromatic rings. The number of rotatable bonds is 6. The summed E-state index contributed by atoms with van der Waals surface area (Å²) in [6.45, 7) is 0.434. The van der Waals surface area contributed by atoms with Gasteiger partial charge < -0.3 is 14.6 Å². The normalized spacial score (nSPS) is 10.9. The average molecular weight is 371 g/mol. The smallest absolute Gasteiger partial charge is 0.332 e. The lowest BCUT2D eigenvalue weighted by molar-refractivity contribution is -0.116. The Labute approximate surface area is 154 Å². The van der Waals surface area contributed by atoms with Gasteiger partial charge in [-0.2, -0.15) is 0 Å². The van der Waals surface area contributed by atoms with Crippen LogP contribution in [-0.2, 0) is 25.4 Å². The maximum Gasteiger partial charge on any atom is 0.332 e. The van der Waals surface area contributed by atoms with E-state index in [1.165, 1.54) is 17.9 Å². The molecule has 27 heavy (non-hydrogen) atoms. The molecular formula is C18H21N5O4. The number of aromatic nitrogens is 4. The molecule has 1 amide bonds. The highest BCUT2D eigenvalue weighted by molar-refractivity contribution is 5.92. The number of hydrogen-bond acceptors (Lipinski definition) is 5. The minimum Gasteiger partial charge on any atom is -0.495 e. The second-order valence-electron chi connectivity index (χ2n) is 6.17. The third-order valence-electron chi connectivity index (χ3n) is 4.40. The van der Waals surface area contributed by atoms with Gasteiger partial charge in [0.1, 0.15) is 5.75 Å². The number of hydrogen-bond donors (Lipinski definition) is 1. The fourth-order valence-corrected chi connectivity index (χ4v) is 2.94. The van der Waals surface area contributed by atoms with E-state index < -0.39 is 11.2 Å². The summed E-state index contributed by atoms with van der Waals surface area (Å²) in [6, 6.07) is 7.18. The maximum absolute atomic E-state index is 12.4. The van der Waals surface area contributed by atoms with Gasteiger partial charge in [0.25, 0.3) is 5.56 Å². The topological polar surface area (TPSA) is 100 Å². The Morgan fingerprint density at radius 1 is 1.19 bits per heavy atom. The number of anilines is 1. The van der Waals surface area contributed by atoms with E-state index in [-0.39, 0.29) is 12.3 Å². The molecule has 0 aliphatic carbocycles. The Balaban J connectivity index is 1.70. The van der Waals surface area contributed by atoms with Crippen LogP contribution in [-0.4, -0.2) is 31.7 Å². The highest BCUT2D eigenvalue weighted by Crippen LogP contribution is 2.23. The molecule has 0 spiro atoms. The van der Waals surface area contributed by atoms with Crippen molar-refractivity contribution in [3.05, 3.63) is 51.4 Å². The van der Waals surface area contributed by atoms with E-state index in [1.807, 2.05) is 12.1 Å². The molecule has 0 bridgehead atoms. The highest BCUT2D eigenvalue weighted by Gasteiger charge is 2.14. The molecule has 9 nitrogen and oxygen atoms in total. The minimum absolute atomic E-state index is 0.149. The van der Waals surface area contributed by atoms with Crippen LogP contribution in [0.4, 0.5) is 5.69 Å². The molecule has 0 atom stereocenters. The van der Waals surface area contributed by atoms with E-state index in [9.17, 15) is 14.4 Å². The van der Waals surface area contributed by atoms with Crippen molar-refractivity contribution in [1.82, 2.24) is 18.7 Å². The number of para-hydroxylation sites is 2. The molecule has 1 aromatic carbocycles. The van der Waals surface area contributed by atoms with E-state index in [4.69, 9.17) is 4.74 Å². The lowest BCUT2D eigenvalue weighted by atomic mass is 10.2. The second-order valence-corrected chi connectivity index (χ2v) is 6.17. The molecule has 2 aromatic heterocycles. The van der Waals surface area contributed by atoms with E-state index in [1.54, 1.807) is 30.9 Å². The van der Waals surface area contributed by atoms with Crippen molar-refractivity contribution < 1.29 is 9.53 Å². The molecule has 142 valence electrons. The molecule has 9 heteroatoms. The van der Waals surface area contributed by atoms with Crippen LogP contribution >= 0.6 is 0 Å². The van der Waals surface area contributed by atoms with Crippen molar-refractivity contribution in [1.29, 1.82) is 0 Å². The number of nitrogens with zero attached hydrogens (tertiary/aromatic N) is 4. The summed E-state index contributed by atoms with van der Waals surface area (Å²) >= 11 is 0. The predicted octanol–water partition coefficient (Wildman–Crippen LogP) is 0.861. The maximum atomic E-state index is 12.4. The number of nitrogens with one attached hydrogen (secondary N) is 1. The Hall–Kier alpha value is -3.36. The van der Waals surface area contributed by atoms with Crippen LogP contribution < -0.4 is 21.3 Å². The van der Waals surface area contributed by atoms with Gasteiger partial charge in [0.15, 0.2) is 11.2 Å². The number of imidazole rings is 1. The van der Waals surface area contributed by atoms with Gasteiger partial charge in [0.2, 0.25) is 5.91 Å². The van der Waals surface area contributed by atoms with Gasteiger partial charge in [-0.1, -0.05) is 12.1 Å². The van der Waals surface area contributed by atoms with Gasteiger partial charge >= 0.3 is 5.69 Å². The zero-order chi connectivity index (χ0) is 19.6. The van der Waals surface area contributed by atoms with Gasteiger partial charge in [-0.25, -0.2) is 9.78 Å². The van der Waals surface area contributed by atoms with Gasteiger partial charge in [-0.05, 0) is 18.6 Å². The van der Waals surface area contributed by atoms with Gasteiger partial charge in [0, 0.05) is 27.1 Å². The molecule has 0 saturated carbocycles. The first-order valence-corrected chi connectivity index (χ1v) is 8.47. The molecule has 0 radical (unpaired) electrons. The first kappa shape index (κ1) is 18.4. The van der Waals surface area contributed by atoms with Crippen LogP contribution in [0.25, 0.3) is 11.2 Å². The van der Waals surface area contributed by atoms with Crippen molar-refractivity contribution in [2.75, 3.05) is 12.4 Å². The number of benzene rings is 1. The largest absolute Gasteiger partial charge is 0.495 e. The fourth-order valence-electron chi connectivity index (χ4n) is 2.94. The quantitative estimate of drug-likeness (QED) is 0.693. The molecule has 0 saturated heterocycles. The predicted molar refractivity (Wildman–Crippen MR) is 101 cm³/mol. The zero-order valence-electron chi connectivity index (χ0n) is 15.4. The minimum atomic E-state index is -0.422. The van der Waals surface area contributed by atoms with Crippen molar-refractivity contribution in [2.24, 2.45) is 14.1 Å². The molecule has 3 rings (SSSR count). The Bertz CT molecular complexity index is 1110. The summed E-state index contributed by atoms with van der Waals surface area (Å²) < 4.78 is 9.27. The van der Waals surface area contributed by atoms with Crippen molar-refractivity contribution in [2.45, 2.75) is 19.4 Å². The van der Waals surface area contributed by atoms with E-state index in [0.717, 1.165) is 4.57 Å². The number of aryl methyl sites for hydroxylation is 2. The Morgan fingerprint density at radius 2 is 1.93 bits per heavy atom. The number of methoxy groups -OCH3 is 1. The third-order valence-corrected chi connectivity index (χ3v) is 4.40. The lowest BCUT2D eigenvalue weighted by Gasteiger charge is -2.10. The molecule has 0 unspecified atom stereocenters. The first-order valence-electron chi connectivity index (χ1n) is 8.47. The van der Waals surface area contributed by atoms with E-state index in [2.05, 4.69) is 10.3 Å². The number of amides is 1. The number of carbonyl (C=O) groups is 1. The second kappa shape index (κ2) is 7.48. The molecular weight excluding hydrogens is 350 g/mol. The van der Waals surface area contributed by atoms with Crippen LogP contribution in [0.3, 0.4) is 0 Å². The molecule has 0 fully saturated rings. The standard InChI is InChI=1S/C18H21N5O4/c1-21-16-15(17(25)22(2)18(21)26)23(11-19-16)10-6-9-14(24)20-12-7-4-5-8-13(12)27-3/h4-5,7-8,11H,6,9-10H2,1-3H3,(H,20,24). The van der Waals surface area contributed by atoms with Crippen LogP contribution in [0.1, 0.15) is 12.8 Å². The van der Waals surface area contributed by atoms with Crippen molar-refractivity contribution >= 4 is 22.8 Å². The Morgan fingerprint density at radius 3 is 2.67 bits per heavy atom. The van der Waals surface area contributed by atoms with E-state index >= 15 is 0 Å². The number of carbonyl (C=O) groups excluding carboxylic acids is 1. The average Bonchev–Trinajstić information content (AvgIpc) is 3.09. The fraction of sp³-hybridized carbons (Fsp3) is 0.333. The Kier molecular flexibility index (Phi) is 5.11. The monoisotopic (exact) mass is 371 g/mol. The molecule has 0 aliphatic rings. The van der Waals surface area contributed by atoms with Crippen molar-refractivity contribution in [3.8, 4) is 5.75 Å². The van der Waals surface area contributed by atoms with Crippen molar-refractivity contribution in [3.63, 3.8) is 0 Å². The number of fused-ring (bicyclic) bond motifs is 1. The summed E-state index contributed by atoms with van der Waals surface area (Å²) in [5.74, 6) is 0.445. The molecule has 2 heterocycles. The lowest BCUT2D eigenvalue weighted by Crippen LogP contribution is -2.37. The van der Waals surface area contributed by atoms with Crippen LogP contribution in [0.5, 0.6) is 5.75 Å². The van der Waals surface area contributed by atoms with Gasteiger partial charge in [-0.15, -0.1) is 0 Å². The van der Waals surface area contributed by atoms with Crippen LogP contribution in [0.2, 0.25) is 0 Å². The summed E-state index contributed by atoms with van der Waals surface area (Å²) in [7, 11) is 4.55.